The van der Waals surface area contributed by atoms with Crippen molar-refractivity contribution in [2.45, 2.75) is 63.6 Å². The summed E-state index contributed by atoms with van der Waals surface area (Å²) in [5.41, 5.74) is -1.41. The Labute approximate surface area is 176 Å². The summed E-state index contributed by atoms with van der Waals surface area (Å²) in [6, 6.07) is 4.39. The molecule has 0 radical (unpaired) electrons. The van der Waals surface area contributed by atoms with Crippen molar-refractivity contribution in [1.29, 1.82) is 5.26 Å². The topological polar surface area (TPSA) is 100 Å². The molecule has 2 rings (SSSR count). The summed E-state index contributed by atoms with van der Waals surface area (Å²) in [7, 11) is 0. The molecule has 1 fully saturated rings. The predicted molar refractivity (Wildman–Crippen MR) is 101 cm³/mol. The Morgan fingerprint density at radius 2 is 1.93 bits per heavy atom. The molecule has 0 bridgehead atoms. The molecule has 7 nitrogen and oxygen atoms in total. The Hall–Kier alpha value is -2.67. The number of alkyl carbamates (subject to hydrolysis) is 1. The second-order valence-electron chi connectivity index (χ2n) is 7.90. The Kier molecular flexibility index (Phi) is 6.76. The van der Waals surface area contributed by atoms with Gasteiger partial charge in [0.1, 0.15) is 22.9 Å². The summed E-state index contributed by atoms with van der Waals surface area (Å²) < 4.78 is 46.1. The first kappa shape index (κ1) is 23.6. The van der Waals surface area contributed by atoms with Gasteiger partial charge in [-0.15, -0.1) is 13.2 Å². The fourth-order valence-corrected chi connectivity index (χ4v) is 2.73. The number of amides is 2. The van der Waals surface area contributed by atoms with Gasteiger partial charge >= 0.3 is 12.5 Å². The fourth-order valence-electron chi connectivity index (χ4n) is 2.49. The first-order chi connectivity index (χ1) is 13.7. The van der Waals surface area contributed by atoms with Gasteiger partial charge in [-0.1, -0.05) is 17.7 Å². The van der Waals surface area contributed by atoms with Crippen LogP contribution >= 0.6 is 11.6 Å². The summed E-state index contributed by atoms with van der Waals surface area (Å²) in [5.74, 6) is -1.21. The van der Waals surface area contributed by atoms with Gasteiger partial charge in [0, 0.05) is 6.42 Å². The van der Waals surface area contributed by atoms with Crippen molar-refractivity contribution < 1.29 is 32.2 Å². The van der Waals surface area contributed by atoms with E-state index in [9.17, 15) is 28.0 Å². The Balaban J connectivity index is 2.17. The number of carbonyl (C=O) groups excluding carboxylic acids is 2. The number of carbonyl (C=O) groups is 2. The maximum absolute atomic E-state index is 12.7. The SMILES string of the molecule is CC(C)(C)OC(=O)N[C@@H](Cc1ccc(OC(F)(F)F)c(Cl)c1)C(=O)NC1(C#N)CC1. The highest BCUT2D eigenvalue weighted by molar-refractivity contribution is 6.32. The van der Waals surface area contributed by atoms with Crippen molar-refractivity contribution in [3.8, 4) is 11.8 Å². The van der Waals surface area contributed by atoms with Gasteiger partial charge in [-0.3, -0.25) is 4.79 Å². The van der Waals surface area contributed by atoms with Gasteiger partial charge in [0.2, 0.25) is 5.91 Å². The lowest BCUT2D eigenvalue weighted by Gasteiger charge is -2.24. The van der Waals surface area contributed by atoms with Gasteiger partial charge in [-0.05, 0) is 51.3 Å². The van der Waals surface area contributed by atoms with Crippen LogP contribution in [0.25, 0.3) is 0 Å². The highest BCUT2D eigenvalue weighted by Crippen LogP contribution is 2.34. The van der Waals surface area contributed by atoms with Crippen LogP contribution in [0, 0.1) is 11.3 Å². The van der Waals surface area contributed by atoms with Crippen LogP contribution in [0.2, 0.25) is 5.02 Å². The molecule has 0 spiro atoms. The first-order valence-electron chi connectivity index (χ1n) is 8.99. The Morgan fingerprint density at radius 1 is 1.30 bits per heavy atom. The standard InChI is InChI=1S/C19H21ClF3N3O4/c1-17(2,3)30-16(28)25-13(15(27)26-18(10-24)6-7-18)9-11-4-5-14(12(20)8-11)29-19(21,22)23/h4-5,8,13H,6-7,9H2,1-3H3,(H,25,28)(H,26,27)/t13-/m0/s1. The molecule has 0 saturated heterocycles. The molecule has 1 aromatic rings. The van der Waals surface area contributed by atoms with E-state index in [1.54, 1.807) is 20.8 Å². The third-order valence-corrected chi connectivity index (χ3v) is 4.29. The van der Waals surface area contributed by atoms with Crippen LogP contribution in [0.15, 0.2) is 18.2 Å². The van der Waals surface area contributed by atoms with Gasteiger partial charge in [-0.2, -0.15) is 5.26 Å². The summed E-state index contributed by atoms with van der Waals surface area (Å²) in [5, 5.41) is 13.9. The van der Waals surface area contributed by atoms with Crippen molar-refractivity contribution >= 4 is 23.6 Å². The van der Waals surface area contributed by atoms with E-state index in [1.165, 1.54) is 12.1 Å². The Bertz CT molecular complexity index is 858. The second kappa shape index (κ2) is 8.60. The second-order valence-corrected chi connectivity index (χ2v) is 8.31. The van der Waals surface area contributed by atoms with Crippen molar-refractivity contribution in [3.05, 3.63) is 28.8 Å². The molecule has 0 unspecified atom stereocenters. The smallest absolute Gasteiger partial charge is 0.444 e. The van der Waals surface area contributed by atoms with E-state index in [4.69, 9.17) is 16.3 Å². The molecule has 0 heterocycles. The van der Waals surface area contributed by atoms with Gasteiger partial charge in [0.25, 0.3) is 0 Å². The van der Waals surface area contributed by atoms with E-state index in [0.29, 0.717) is 18.4 Å². The van der Waals surface area contributed by atoms with E-state index < -0.39 is 41.3 Å². The molecule has 1 atom stereocenters. The summed E-state index contributed by atoms with van der Waals surface area (Å²) in [6.07, 6.45) is -4.87. The summed E-state index contributed by atoms with van der Waals surface area (Å²) in [4.78, 5) is 24.8. The average Bonchev–Trinajstić information content (AvgIpc) is 3.34. The third-order valence-electron chi connectivity index (χ3n) is 4.00. The lowest BCUT2D eigenvalue weighted by atomic mass is 10.0. The molecule has 2 N–H and O–H groups in total. The van der Waals surface area contributed by atoms with Crippen LogP contribution in [0.5, 0.6) is 5.75 Å². The van der Waals surface area contributed by atoms with Crippen molar-refractivity contribution in [2.75, 3.05) is 0 Å². The quantitative estimate of drug-likeness (QED) is 0.690. The number of rotatable bonds is 6. The molecule has 0 aromatic heterocycles. The lowest BCUT2D eigenvalue weighted by Crippen LogP contribution is -2.52. The number of nitriles is 1. The molecule has 1 aliphatic carbocycles. The minimum absolute atomic E-state index is 0.0986. The zero-order valence-corrected chi connectivity index (χ0v) is 17.3. The number of hydrogen-bond donors (Lipinski definition) is 2. The zero-order chi connectivity index (χ0) is 22.7. The average molecular weight is 448 g/mol. The van der Waals surface area contributed by atoms with E-state index in [2.05, 4.69) is 15.4 Å². The third kappa shape index (κ3) is 7.30. The molecule has 2 amide bonds. The molecular weight excluding hydrogens is 427 g/mol. The maximum Gasteiger partial charge on any atom is 0.573 e. The van der Waals surface area contributed by atoms with Crippen LogP contribution in [-0.2, 0) is 16.0 Å². The molecular formula is C19H21ClF3N3O4. The van der Waals surface area contributed by atoms with Crippen LogP contribution in [0.1, 0.15) is 39.2 Å². The number of alkyl halides is 3. The molecule has 30 heavy (non-hydrogen) atoms. The summed E-state index contributed by atoms with van der Waals surface area (Å²) in [6.45, 7) is 4.95. The van der Waals surface area contributed by atoms with Crippen LogP contribution in [0.4, 0.5) is 18.0 Å². The Morgan fingerprint density at radius 3 is 2.40 bits per heavy atom. The number of halogens is 4. The van der Waals surface area contributed by atoms with Crippen LogP contribution in [0.3, 0.4) is 0 Å². The number of nitrogens with zero attached hydrogens (tertiary/aromatic N) is 1. The highest BCUT2D eigenvalue weighted by Gasteiger charge is 2.45. The highest BCUT2D eigenvalue weighted by atomic mass is 35.5. The van der Waals surface area contributed by atoms with Gasteiger partial charge in [-0.25, -0.2) is 4.79 Å². The number of benzene rings is 1. The van der Waals surface area contributed by atoms with E-state index in [-0.39, 0.29) is 11.4 Å². The summed E-state index contributed by atoms with van der Waals surface area (Å²) >= 11 is 5.85. The minimum atomic E-state index is -4.90. The first-order valence-corrected chi connectivity index (χ1v) is 9.37. The molecule has 11 heteroatoms. The molecule has 164 valence electrons. The van der Waals surface area contributed by atoms with E-state index in [0.717, 1.165) is 6.07 Å². The monoisotopic (exact) mass is 447 g/mol. The van der Waals surface area contributed by atoms with Crippen molar-refractivity contribution in [1.82, 2.24) is 10.6 Å². The predicted octanol–water partition coefficient (Wildman–Crippen LogP) is 3.85. The van der Waals surface area contributed by atoms with Gasteiger partial charge in [0.15, 0.2) is 0 Å². The largest absolute Gasteiger partial charge is 0.573 e. The molecule has 1 saturated carbocycles. The van der Waals surface area contributed by atoms with Crippen LogP contribution in [-0.4, -0.2) is 35.5 Å². The molecule has 1 aliphatic rings. The maximum atomic E-state index is 12.7. The fraction of sp³-hybridized carbons (Fsp3) is 0.526. The zero-order valence-electron chi connectivity index (χ0n) is 16.5. The van der Waals surface area contributed by atoms with Gasteiger partial charge in [0.05, 0.1) is 11.1 Å². The van der Waals surface area contributed by atoms with Crippen LogP contribution < -0.4 is 15.4 Å². The van der Waals surface area contributed by atoms with E-state index >= 15 is 0 Å². The lowest BCUT2D eigenvalue weighted by molar-refractivity contribution is -0.274. The van der Waals surface area contributed by atoms with Gasteiger partial charge < -0.3 is 20.1 Å². The number of ether oxygens (including phenoxy) is 2. The molecule has 0 aliphatic heterocycles. The van der Waals surface area contributed by atoms with Crippen molar-refractivity contribution in [3.63, 3.8) is 0 Å². The number of hydrogen-bond acceptors (Lipinski definition) is 5. The minimum Gasteiger partial charge on any atom is -0.444 e. The number of nitrogens with one attached hydrogen (secondary N) is 2. The normalized spacial score (nSPS) is 16.1. The van der Waals surface area contributed by atoms with Crippen molar-refractivity contribution in [2.24, 2.45) is 0 Å². The molecule has 1 aromatic carbocycles. The van der Waals surface area contributed by atoms with E-state index in [1.807, 2.05) is 6.07 Å².